The van der Waals surface area contributed by atoms with E-state index in [4.69, 9.17) is 10.5 Å². The van der Waals surface area contributed by atoms with E-state index >= 15 is 0 Å². The lowest BCUT2D eigenvalue weighted by Crippen LogP contribution is -2.41. The van der Waals surface area contributed by atoms with Crippen LogP contribution >= 0.6 is 11.3 Å². The van der Waals surface area contributed by atoms with Gasteiger partial charge in [-0.15, -0.1) is 11.3 Å². The summed E-state index contributed by atoms with van der Waals surface area (Å²) in [4.78, 5) is 58.5. The number of carbonyl (C=O) groups is 2. The average Bonchev–Trinajstić information content (AvgIpc) is 3.60. The zero-order valence-corrected chi connectivity index (χ0v) is 20.0. The molecule has 2 heterocycles. The Balaban J connectivity index is 1.64. The van der Waals surface area contributed by atoms with Crippen LogP contribution in [0.15, 0.2) is 45.3 Å². The lowest BCUT2D eigenvalue weighted by molar-refractivity contribution is -0.118. The molecule has 3 aromatic rings. The van der Waals surface area contributed by atoms with Gasteiger partial charge in [-0.1, -0.05) is 30.3 Å². The van der Waals surface area contributed by atoms with Gasteiger partial charge >= 0.3 is 5.69 Å². The van der Waals surface area contributed by atoms with Crippen molar-refractivity contribution < 1.29 is 14.3 Å². The van der Waals surface area contributed by atoms with E-state index in [9.17, 15) is 19.2 Å². The number of nitrogens with one attached hydrogen (secondary N) is 2. The predicted molar refractivity (Wildman–Crippen MR) is 132 cm³/mol. The monoisotopic (exact) mass is 498 g/mol. The molecule has 184 valence electrons. The lowest BCUT2D eigenvalue weighted by Gasteiger charge is -2.24. The van der Waals surface area contributed by atoms with E-state index in [1.165, 1.54) is 27.9 Å². The smallest absolute Gasteiger partial charge is 0.330 e. The number of anilines is 3. The first kappa shape index (κ1) is 24.4. The van der Waals surface area contributed by atoms with Crippen molar-refractivity contribution in [1.82, 2.24) is 14.5 Å². The second kappa shape index (κ2) is 10.7. The van der Waals surface area contributed by atoms with Gasteiger partial charge in [-0.2, -0.15) is 0 Å². The number of nitrogens with two attached hydrogens (primary N) is 1. The molecule has 1 aliphatic carbocycles. The fourth-order valence-corrected chi connectivity index (χ4v) is 4.26. The summed E-state index contributed by atoms with van der Waals surface area (Å²) in [6.07, 6.45) is 1.62. The highest BCUT2D eigenvalue weighted by Crippen LogP contribution is 2.30. The van der Waals surface area contributed by atoms with Crippen LogP contribution in [0.2, 0.25) is 0 Å². The molecule has 0 spiro atoms. The summed E-state index contributed by atoms with van der Waals surface area (Å²) in [5.41, 5.74) is 5.89. The number of aromatic amines is 1. The fraction of sp³-hybridized carbons (Fsp3) is 0.348. The number of benzene rings is 1. The number of carbonyl (C=O) groups excluding carboxylic acids is 2. The van der Waals surface area contributed by atoms with Gasteiger partial charge in [0, 0.05) is 18.4 Å². The summed E-state index contributed by atoms with van der Waals surface area (Å²) in [6.45, 7) is 0.357. The third-order valence-electron chi connectivity index (χ3n) is 5.55. The Hall–Kier alpha value is -3.77. The molecule has 11 nitrogen and oxygen atoms in total. The molecule has 2 amide bonds. The van der Waals surface area contributed by atoms with Crippen LogP contribution < -0.4 is 27.2 Å². The first-order valence-corrected chi connectivity index (χ1v) is 12.0. The quantitative estimate of drug-likeness (QED) is 0.381. The van der Waals surface area contributed by atoms with Gasteiger partial charge in [0.2, 0.25) is 11.8 Å². The minimum atomic E-state index is -0.763. The highest BCUT2D eigenvalue weighted by atomic mass is 32.1. The van der Waals surface area contributed by atoms with Crippen LogP contribution in [0.1, 0.15) is 24.1 Å². The highest BCUT2D eigenvalue weighted by Gasteiger charge is 2.30. The Morgan fingerprint density at radius 3 is 2.71 bits per heavy atom. The number of H-pyrrole nitrogens is 1. The summed E-state index contributed by atoms with van der Waals surface area (Å²) < 4.78 is 6.20. The molecular weight excluding hydrogens is 472 g/mol. The van der Waals surface area contributed by atoms with E-state index in [1.807, 2.05) is 30.3 Å². The fourth-order valence-electron chi connectivity index (χ4n) is 3.55. The third-order valence-corrected chi connectivity index (χ3v) is 6.36. The van der Waals surface area contributed by atoms with E-state index in [0.29, 0.717) is 10.8 Å². The molecule has 0 saturated heterocycles. The number of thiazole rings is 1. The van der Waals surface area contributed by atoms with Crippen LogP contribution in [0, 0.1) is 5.92 Å². The van der Waals surface area contributed by atoms with Gasteiger partial charge in [0.25, 0.3) is 5.56 Å². The summed E-state index contributed by atoms with van der Waals surface area (Å²) in [5, 5.41) is 4.88. The summed E-state index contributed by atoms with van der Waals surface area (Å²) in [7, 11) is 1.48. The summed E-state index contributed by atoms with van der Waals surface area (Å²) >= 11 is 1.23. The van der Waals surface area contributed by atoms with Crippen molar-refractivity contribution >= 4 is 39.8 Å². The maximum absolute atomic E-state index is 13.5. The molecule has 4 N–H and O–H groups in total. The van der Waals surface area contributed by atoms with Gasteiger partial charge < -0.3 is 15.8 Å². The Morgan fingerprint density at radius 2 is 2.03 bits per heavy atom. The number of amides is 2. The number of nitrogens with zero attached hydrogens (tertiary/aromatic N) is 3. The van der Waals surface area contributed by atoms with Gasteiger partial charge in [-0.05, 0) is 18.4 Å². The van der Waals surface area contributed by atoms with Crippen molar-refractivity contribution in [2.45, 2.75) is 32.4 Å². The second-order valence-electron chi connectivity index (χ2n) is 8.19. The second-order valence-corrected chi connectivity index (χ2v) is 9.05. The largest absolute Gasteiger partial charge is 0.383 e. The van der Waals surface area contributed by atoms with Gasteiger partial charge in [0.1, 0.15) is 5.82 Å². The molecular formula is C23H26N6O5S. The molecule has 0 unspecified atom stereocenters. The van der Waals surface area contributed by atoms with E-state index < -0.39 is 17.2 Å². The van der Waals surface area contributed by atoms with E-state index in [1.54, 1.807) is 5.38 Å². The molecule has 0 aliphatic heterocycles. The van der Waals surface area contributed by atoms with Crippen LogP contribution in [-0.4, -0.2) is 40.1 Å². The van der Waals surface area contributed by atoms with Crippen molar-refractivity contribution in [2.75, 3.05) is 29.7 Å². The minimum Gasteiger partial charge on any atom is -0.383 e. The number of ether oxygens (including phenoxy) is 1. The van der Waals surface area contributed by atoms with Gasteiger partial charge in [0.05, 0.1) is 31.8 Å². The van der Waals surface area contributed by atoms with E-state index in [2.05, 4.69) is 15.3 Å². The number of aromatic nitrogens is 3. The molecule has 1 aromatic carbocycles. The van der Waals surface area contributed by atoms with Crippen molar-refractivity contribution in [3.8, 4) is 0 Å². The van der Waals surface area contributed by atoms with E-state index in [0.717, 1.165) is 18.4 Å². The molecule has 0 atom stereocenters. The van der Waals surface area contributed by atoms with Crippen molar-refractivity contribution in [2.24, 2.45) is 5.92 Å². The third kappa shape index (κ3) is 5.84. The Morgan fingerprint density at radius 1 is 1.29 bits per heavy atom. The standard InChI is InChI=1S/C23H26N6O5S/c1-34-10-9-28-19(24)18(21(32)27-23(28)33)29(12-14-5-3-2-4-6-14)17(30)11-16-13-35-22(25-16)26-20(31)15-7-8-15/h2-6,13,15H,7-12,24H2,1H3,(H,25,26,31)(H,27,32,33). The first-order valence-electron chi connectivity index (χ1n) is 11.1. The molecule has 35 heavy (non-hydrogen) atoms. The number of methoxy groups -OCH3 is 1. The summed E-state index contributed by atoms with van der Waals surface area (Å²) in [5.74, 6) is -0.599. The van der Waals surface area contributed by atoms with Crippen LogP contribution in [0.4, 0.5) is 16.6 Å². The van der Waals surface area contributed by atoms with Crippen molar-refractivity contribution in [3.05, 3.63) is 67.8 Å². The molecule has 1 aliphatic rings. The number of rotatable bonds is 10. The Bertz CT molecular complexity index is 1330. The molecule has 2 aromatic heterocycles. The zero-order valence-electron chi connectivity index (χ0n) is 19.2. The normalized spacial score (nSPS) is 12.9. The average molecular weight is 499 g/mol. The van der Waals surface area contributed by atoms with Crippen molar-refractivity contribution in [1.29, 1.82) is 0 Å². The SMILES string of the molecule is COCCn1c(N)c(N(Cc2ccccc2)C(=O)Cc2csc(NC(=O)C3CC3)n2)c(=O)[nH]c1=O. The molecule has 12 heteroatoms. The predicted octanol–water partition coefficient (Wildman–Crippen LogP) is 1.35. The maximum Gasteiger partial charge on any atom is 0.330 e. The minimum absolute atomic E-state index is 0.0360. The molecule has 0 bridgehead atoms. The lowest BCUT2D eigenvalue weighted by atomic mass is 10.2. The topological polar surface area (TPSA) is 152 Å². The zero-order chi connectivity index (χ0) is 24.9. The number of hydrogen-bond acceptors (Lipinski definition) is 8. The van der Waals surface area contributed by atoms with Crippen LogP contribution in [0.25, 0.3) is 0 Å². The van der Waals surface area contributed by atoms with Gasteiger partial charge in [-0.25, -0.2) is 9.78 Å². The molecule has 1 fully saturated rings. The van der Waals surface area contributed by atoms with Crippen LogP contribution in [-0.2, 0) is 33.8 Å². The first-order chi connectivity index (χ1) is 16.9. The Kier molecular flexibility index (Phi) is 7.42. The summed E-state index contributed by atoms with van der Waals surface area (Å²) in [6, 6.07) is 9.12. The van der Waals surface area contributed by atoms with Gasteiger partial charge in [-0.3, -0.25) is 28.8 Å². The van der Waals surface area contributed by atoms with Crippen LogP contribution in [0.5, 0.6) is 0 Å². The Labute approximate surface area is 204 Å². The number of hydrogen-bond donors (Lipinski definition) is 3. The molecule has 1 saturated carbocycles. The molecule has 4 rings (SSSR count). The van der Waals surface area contributed by atoms with E-state index in [-0.39, 0.29) is 49.4 Å². The van der Waals surface area contributed by atoms with Crippen molar-refractivity contribution in [3.63, 3.8) is 0 Å². The van der Waals surface area contributed by atoms with Gasteiger partial charge in [0.15, 0.2) is 10.8 Å². The maximum atomic E-state index is 13.5. The number of nitrogen functional groups attached to an aromatic ring is 1. The highest BCUT2D eigenvalue weighted by molar-refractivity contribution is 7.13. The molecule has 0 radical (unpaired) electrons. The van der Waals surface area contributed by atoms with Crippen LogP contribution in [0.3, 0.4) is 0 Å².